The third-order valence-corrected chi connectivity index (χ3v) is 14.5. The summed E-state index contributed by atoms with van der Waals surface area (Å²) in [4.78, 5) is 9.99. The minimum absolute atomic E-state index is 0.0279. The molecule has 7 aromatic carbocycles. The summed E-state index contributed by atoms with van der Waals surface area (Å²) in [7, 11) is 0. The number of rotatable bonds is 9. The van der Waals surface area contributed by atoms with Gasteiger partial charge in [-0.15, -0.1) is 0 Å². The highest BCUT2D eigenvalue weighted by Gasteiger charge is 2.32. The number of nitrogens with zero attached hydrogens (tertiary/aromatic N) is 4. The Bertz CT molecular complexity index is 3420. The molecule has 0 saturated carbocycles. The maximum Gasteiger partial charge on any atom is 0.137 e. The predicted octanol–water partition coefficient (Wildman–Crippen LogP) is 18.7. The quantitative estimate of drug-likeness (QED) is 0.144. The van der Waals surface area contributed by atoms with Crippen molar-refractivity contribution >= 4 is 44.6 Å². The van der Waals surface area contributed by atoms with Crippen LogP contribution in [0.3, 0.4) is 0 Å². The number of aromatic nitrogens is 2. The monoisotopic (exact) mass is 935 g/mol. The number of fused-ring (bicyclic) bond motifs is 4. The van der Waals surface area contributed by atoms with Crippen molar-refractivity contribution in [2.45, 2.75) is 118 Å². The van der Waals surface area contributed by atoms with Crippen molar-refractivity contribution in [2.75, 3.05) is 16.5 Å². The lowest BCUT2D eigenvalue weighted by molar-refractivity contribution is 0.483. The molecule has 0 N–H and O–H groups in total. The Morgan fingerprint density at radius 1 is 0.451 bits per heavy atom. The Hall–Kier alpha value is -7.11. The molecule has 1 aliphatic heterocycles. The highest BCUT2D eigenvalue weighted by atomic mass is 16.5. The lowest BCUT2D eigenvalue weighted by atomic mass is 9.84. The molecule has 0 aliphatic carbocycles. The SMILES string of the molecule is CC(C)c1cccc(C(C)C)c1-c1cc(Oc2ccc3c4ccccc4n(-c4cc(C(C)(C)C)ccn4)c3c2)cc(N2CN(c3cc(-c4ccccc4)cc(C(C)(C)C)c3)c3ccc(C(C)(C)C)cc32)c1. The third-order valence-electron chi connectivity index (χ3n) is 14.5. The molecule has 10 rings (SSSR count). The van der Waals surface area contributed by atoms with Crippen LogP contribution in [0.5, 0.6) is 11.5 Å². The molecule has 1 aliphatic rings. The zero-order valence-electron chi connectivity index (χ0n) is 44.1. The van der Waals surface area contributed by atoms with Crippen LogP contribution in [0.25, 0.3) is 49.9 Å². The molecule has 0 amide bonds. The molecule has 0 spiro atoms. The van der Waals surface area contributed by atoms with Crippen molar-refractivity contribution < 1.29 is 4.74 Å². The van der Waals surface area contributed by atoms with Gasteiger partial charge in [0.1, 0.15) is 24.0 Å². The second kappa shape index (κ2) is 17.9. The summed E-state index contributed by atoms with van der Waals surface area (Å²) in [5.41, 5.74) is 18.0. The Morgan fingerprint density at radius 2 is 1.07 bits per heavy atom. The van der Waals surface area contributed by atoms with Gasteiger partial charge >= 0.3 is 0 Å². The third kappa shape index (κ3) is 9.12. The molecule has 0 unspecified atom stereocenters. The van der Waals surface area contributed by atoms with E-state index < -0.39 is 0 Å². The minimum atomic E-state index is -0.0548. The highest BCUT2D eigenvalue weighted by Crippen LogP contribution is 2.50. The first-order valence-electron chi connectivity index (χ1n) is 25.6. The summed E-state index contributed by atoms with van der Waals surface area (Å²) in [6, 6.07) is 58.4. The number of pyridine rings is 1. The van der Waals surface area contributed by atoms with Crippen LogP contribution in [0.4, 0.5) is 22.7 Å². The number of para-hydroxylation sites is 1. The van der Waals surface area contributed by atoms with Gasteiger partial charge in [0.15, 0.2) is 0 Å². The average molecular weight is 935 g/mol. The Balaban J connectivity index is 1.17. The van der Waals surface area contributed by atoms with Crippen LogP contribution in [0.2, 0.25) is 0 Å². The summed E-state index contributed by atoms with van der Waals surface area (Å²) < 4.78 is 9.53. The second-order valence-corrected chi connectivity index (χ2v) is 23.5. The van der Waals surface area contributed by atoms with E-state index in [1.165, 1.54) is 67.0 Å². The zero-order valence-corrected chi connectivity index (χ0v) is 44.1. The molecule has 2 aromatic heterocycles. The van der Waals surface area contributed by atoms with E-state index in [-0.39, 0.29) is 16.2 Å². The fraction of sp³-hybridized carbons (Fsp3) is 0.288. The van der Waals surface area contributed by atoms with Crippen molar-refractivity contribution in [1.29, 1.82) is 0 Å². The van der Waals surface area contributed by atoms with Crippen molar-refractivity contribution in [2.24, 2.45) is 0 Å². The summed E-state index contributed by atoms with van der Waals surface area (Å²) in [6.45, 7) is 30.5. The van der Waals surface area contributed by atoms with Gasteiger partial charge in [0.2, 0.25) is 0 Å². The van der Waals surface area contributed by atoms with E-state index in [9.17, 15) is 0 Å². The summed E-state index contributed by atoms with van der Waals surface area (Å²) >= 11 is 0. The van der Waals surface area contributed by atoms with Crippen LogP contribution in [-0.4, -0.2) is 16.2 Å². The van der Waals surface area contributed by atoms with Gasteiger partial charge in [-0.25, -0.2) is 4.98 Å². The van der Waals surface area contributed by atoms with Gasteiger partial charge in [0.05, 0.1) is 22.4 Å². The lowest BCUT2D eigenvalue weighted by Crippen LogP contribution is -2.24. The maximum atomic E-state index is 7.24. The van der Waals surface area contributed by atoms with Crippen LogP contribution in [-0.2, 0) is 16.2 Å². The van der Waals surface area contributed by atoms with E-state index in [2.05, 4.69) is 262 Å². The molecule has 0 bridgehead atoms. The van der Waals surface area contributed by atoms with Crippen molar-refractivity contribution in [1.82, 2.24) is 9.55 Å². The molecule has 360 valence electrons. The zero-order chi connectivity index (χ0) is 50.1. The topological polar surface area (TPSA) is 33.5 Å². The highest BCUT2D eigenvalue weighted by molar-refractivity contribution is 6.09. The first kappa shape index (κ1) is 47.6. The van der Waals surface area contributed by atoms with Crippen molar-refractivity contribution in [3.8, 4) is 39.6 Å². The number of benzene rings is 7. The number of hydrogen-bond donors (Lipinski definition) is 0. The van der Waals surface area contributed by atoms with Gasteiger partial charge in [-0.3, -0.25) is 4.57 Å². The van der Waals surface area contributed by atoms with Gasteiger partial charge in [-0.1, -0.05) is 169 Å². The Labute approximate surface area is 422 Å². The van der Waals surface area contributed by atoms with Gasteiger partial charge in [0.25, 0.3) is 0 Å². The van der Waals surface area contributed by atoms with Crippen molar-refractivity contribution in [3.05, 3.63) is 192 Å². The smallest absolute Gasteiger partial charge is 0.137 e. The minimum Gasteiger partial charge on any atom is -0.457 e. The summed E-state index contributed by atoms with van der Waals surface area (Å²) in [6.07, 6.45) is 1.94. The molecule has 5 nitrogen and oxygen atoms in total. The Kier molecular flexibility index (Phi) is 12.0. The summed E-state index contributed by atoms with van der Waals surface area (Å²) in [5, 5.41) is 2.34. The number of anilines is 4. The first-order valence-corrected chi connectivity index (χ1v) is 25.6. The van der Waals surface area contributed by atoms with Crippen LogP contribution in [0, 0.1) is 0 Å². The Morgan fingerprint density at radius 3 is 1.76 bits per heavy atom. The van der Waals surface area contributed by atoms with Crippen LogP contribution in [0.15, 0.2) is 164 Å². The molecular weight excluding hydrogens is 865 g/mol. The van der Waals surface area contributed by atoms with Crippen LogP contribution < -0.4 is 14.5 Å². The standard InChI is InChI=1S/C66H70N4O/c1-42(2)54-23-19-24-55(43(3)4)63(54)46-34-51(39-53(35-46)71-52-27-28-57-56-22-17-18-25-58(56)70(60(57)40-52)62-38-48(30-31-67-62)65(8,9)10)69-41-68(59-29-26-47(37-61(59)69)64(5,6)7)50-33-45(44-20-15-14-16-21-44)32-49(36-50)66(11,12)13/h14-40,42-43H,41H2,1-13H3. The number of ether oxygens (including phenoxy) is 1. The maximum absolute atomic E-state index is 7.24. The molecule has 0 fully saturated rings. The van der Waals surface area contributed by atoms with E-state index in [1.807, 2.05) is 6.20 Å². The first-order chi connectivity index (χ1) is 33.7. The van der Waals surface area contributed by atoms with Gasteiger partial charge in [-0.2, -0.15) is 0 Å². The number of hydrogen-bond acceptors (Lipinski definition) is 4. The fourth-order valence-electron chi connectivity index (χ4n) is 10.4. The predicted molar refractivity (Wildman–Crippen MR) is 302 cm³/mol. The largest absolute Gasteiger partial charge is 0.457 e. The molecule has 0 atom stereocenters. The van der Waals surface area contributed by atoms with E-state index in [4.69, 9.17) is 9.72 Å². The molecule has 5 heteroatoms. The molecule has 71 heavy (non-hydrogen) atoms. The summed E-state index contributed by atoms with van der Waals surface area (Å²) in [5.74, 6) is 3.08. The van der Waals surface area contributed by atoms with Crippen LogP contribution in [0.1, 0.15) is 130 Å². The normalized spacial score (nSPS) is 13.3. The second-order valence-electron chi connectivity index (χ2n) is 23.5. The van der Waals surface area contributed by atoms with E-state index in [0.29, 0.717) is 18.5 Å². The lowest BCUT2D eigenvalue weighted by Gasteiger charge is -2.27. The fourth-order valence-corrected chi connectivity index (χ4v) is 10.4. The van der Waals surface area contributed by atoms with Gasteiger partial charge < -0.3 is 14.5 Å². The van der Waals surface area contributed by atoms with Gasteiger partial charge in [-0.05, 0) is 145 Å². The van der Waals surface area contributed by atoms with Crippen molar-refractivity contribution in [3.63, 3.8) is 0 Å². The molecule has 0 saturated heterocycles. The molecule has 9 aromatic rings. The van der Waals surface area contributed by atoms with E-state index >= 15 is 0 Å². The molecular formula is C66H70N4O. The average Bonchev–Trinajstić information content (AvgIpc) is 3.89. The molecule has 0 radical (unpaired) electrons. The van der Waals surface area contributed by atoms with E-state index in [1.54, 1.807) is 0 Å². The van der Waals surface area contributed by atoms with Crippen LogP contribution >= 0.6 is 0 Å². The van der Waals surface area contributed by atoms with Gasteiger partial charge in [0, 0.05) is 40.5 Å². The van der Waals surface area contributed by atoms with E-state index in [0.717, 1.165) is 45.0 Å². The molecule has 3 heterocycles.